The summed E-state index contributed by atoms with van der Waals surface area (Å²) in [4.78, 5) is 16.5. The minimum absolute atomic E-state index is 0.0986. The average molecular weight is 336 g/mol. The molecule has 1 amide bonds. The number of aromatic nitrogens is 1. The zero-order valence-corrected chi connectivity index (χ0v) is 15.1. The number of nitrogens with one attached hydrogen (secondary N) is 1. The number of hydrogen-bond donors (Lipinski definition) is 1. The van der Waals surface area contributed by atoms with E-state index in [1.54, 1.807) is 0 Å². The summed E-state index contributed by atoms with van der Waals surface area (Å²) in [6.45, 7) is 2.90. The molecule has 1 aliphatic carbocycles. The SMILES string of the molecule is CCc1ccc(CCC(=O)NCC2(c3ccncc3)CCCC2)cc1. The molecule has 25 heavy (non-hydrogen) atoms. The van der Waals surface area contributed by atoms with Crippen molar-refractivity contribution in [2.45, 2.75) is 57.3 Å². The van der Waals surface area contributed by atoms with E-state index in [1.807, 2.05) is 12.4 Å². The molecule has 132 valence electrons. The summed E-state index contributed by atoms with van der Waals surface area (Å²) in [5.74, 6) is 0.153. The Morgan fingerprint density at radius 3 is 2.32 bits per heavy atom. The number of carbonyl (C=O) groups is 1. The maximum atomic E-state index is 12.3. The number of nitrogens with zero attached hydrogens (tertiary/aromatic N) is 1. The lowest BCUT2D eigenvalue weighted by Gasteiger charge is -2.29. The van der Waals surface area contributed by atoms with Crippen LogP contribution in [0.5, 0.6) is 0 Å². The lowest BCUT2D eigenvalue weighted by Crippen LogP contribution is -2.39. The molecule has 0 spiro atoms. The van der Waals surface area contributed by atoms with Crippen LogP contribution < -0.4 is 5.32 Å². The number of rotatable bonds is 7. The molecule has 1 aliphatic rings. The van der Waals surface area contributed by atoms with Crippen LogP contribution in [0.2, 0.25) is 0 Å². The summed E-state index contributed by atoms with van der Waals surface area (Å²) in [7, 11) is 0. The first kappa shape index (κ1) is 17.7. The first-order valence-corrected chi connectivity index (χ1v) is 9.47. The van der Waals surface area contributed by atoms with Gasteiger partial charge in [0.25, 0.3) is 0 Å². The van der Waals surface area contributed by atoms with Crippen molar-refractivity contribution in [1.29, 1.82) is 0 Å². The minimum Gasteiger partial charge on any atom is -0.355 e. The molecule has 0 aliphatic heterocycles. The van der Waals surface area contributed by atoms with Crippen molar-refractivity contribution in [3.05, 3.63) is 65.5 Å². The van der Waals surface area contributed by atoms with Gasteiger partial charge < -0.3 is 5.32 Å². The lowest BCUT2D eigenvalue weighted by atomic mass is 9.79. The van der Waals surface area contributed by atoms with Gasteiger partial charge in [-0.2, -0.15) is 0 Å². The highest BCUT2D eigenvalue weighted by Gasteiger charge is 2.35. The highest BCUT2D eigenvalue weighted by atomic mass is 16.1. The Kier molecular flexibility index (Phi) is 5.85. The van der Waals surface area contributed by atoms with Gasteiger partial charge in [0.15, 0.2) is 0 Å². The summed E-state index contributed by atoms with van der Waals surface area (Å²) in [5, 5.41) is 3.20. The Balaban J connectivity index is 1.53. The van der Waals surface area contributed by atoms with Crippen LogP contribution in [0.4, 0.5) is 0 Å². The monoisotopic (exact) mass is 336 g/mol. The predicted molar refractivity (Wildman–Crippen MR) is 102 cm³/mol. The van der Waals surface area contributed by atoms with E-state index in [1.165, 1.54) is 29.5 Å². The van der Waals surface area contributed by atoms with E-state index < -0.39 is 0 Å². The molecule has 3 rings (SSSR count). The van der Waals surface area contributed by atoms with Crippen molar-refractivity contribution in [2.75, 3.05) is 6.54 Å². The zero-order chi connectivity index (χ0) is 17.5. The van der Waals surface area contributed by atoms with Crippen LogP contribution in [0.25, 0.3) is 0 Å². The predicted octanol–water partition coefficient (Wildman–Crippen LogP) is 4.20. The Morgan fingerprint density at radius 2 is 1.68 bits per heavy atom. The molecule has 1 aromatic heterocycles. The number of aryl methyl sites for hydroxylation is 2. The van der Waals surface area contributed by atoms with E-state index in [9.17, 15) is 4.79 Å². The maximum Gasteiger partial charge on any atom is 0.220 e. The van der Waals surface area contributed by atoms with Crippen molar-refractivity contribution in [3.8, 4) is 0 Å². The third-order valence-electron chi connectivity index (χ3n) is 5.55. The summed E-state index contributed by atoms with van der Waals surface area (Å²) in [6.07, 6.45) is 10.9. The zero-order valence-electron chi connectivity index (χ0n) is 15.1. The fourth-order valence-corrected chi connectivity index (χ4v) is 3.88. The van der Waals surface area contributed by atoms with Crippen molar-refractivity contribution in [1.82, 2.24) is 10.3 Å². The maximum absolute atomic E-state index is 12.3. The van der Waals surface area contributed by atoms with Gasteiger partial charge in [-0.3, -0.25) is 9.78 Å². The van der Waals surface area contributed by atoms with Crippen molar-refractivity contribution >= 4 is 5.91 Å². The molecule has 1 N–H and O–H groups in total. The molecule has 2 aromatic rings. The first-order chi connectivity index (χ1) is 12.2. The van der Waals surface area contributed by atoms with Gasteiger partial charge in [-0.1, -0.05) is 44.0 Å². The van der Waals surface area contributed by atoms with Gasteiger partial charge in [-0.05, 0) is 54.5 Å². The van der Waals surface area contributed by atoms with Crippen molar-refractivity contribution in [2.24, 2.45) is 0 Å². The molecule has 0 bridgehead atoms. The Morgan fingerprint density at radius 1 is 1.04 bits per heavy atom. The Hall–Kier alpha value is -2.16. The number of carbonyl (C=O) groups excluding carboxylic acids is 1. The van der Waals surface area contributed by atoms with Gasteiger partial charge in [0.2, 0.25) is 5.91 Å². The van der Waals surface area contributed by atoms with Crippen LogP contribution in [0, 0.1) is 0 Å². The fraction of sp³-hybridized carbons (Fsp3) is 0.455. The standard InChI is InChI=1S/C22H28N2O/c1-2-18-5-7-19(8-6-18)9-10-21(25)24-17-22(13-3-4-14-22)20-11-15-23-16-12-20/h5-8,11-12,15-16H,2-4,9-10,13-14,17H2,1H3,(H,24,25). The molecule has 1 aromatic carbocycles. The molecular formula is C22H28N2O. The third kappa shape index (κ3) is 4.47. The summed E-state index contributed by atoms with van der Waals surface area (Å²) >= 11 is 0. The van der Waals surface area contributed by atoms with Gasteiger partial charge in [0, 0.05) is 30.8 Å². The quantitative estimate of drug-likeness (QED) is 0.823. The molecule has 3 heteroatoms. The van der Waals surface area contributed by atoms with Crippen LogP contribution in [0.3, 0.4) is 0 Å². The van der Waals surface area contributed by atoms with E-state index in [2.05, 4.69) is 53.6 Å². The second-order valence-electron chi connectivity index (χ2n) is 7.17. The van der Waals surface area contributed by atoms with Crippen LogP contribution in [-0.4, -0.2) is 17.4 Å². The molecule has 0 atom stereocenters. The molecule has 0 radical (unpaired) electrons. The van der Waals surface area contributed by atoms with Gasteiger partial charge in [0.05, 0.1) is 0 Å². The van der Waals surface area contributed by atoms with E-state index in [-0.39, 0.29) is 11.3 Å². The third-order valence-corrected chi connectivity index (χ3v) is 5.55. The van der Waals surface area contributed by atoms with E-state index in [4.69, 9.17) is 0 Å². The summed E-state index contributed by atoms with van der Waals surface area (Å²) < 4.78 is 0. The molecule has 0 unspecified atom stereocenters. The average Bonchev–Trinajstić information content (AvgIpc) is 3.16. The van der Waals surface area contributed by atoms with Crippen LogP contribution in [-0.2, 0) is 23.1 Å². The molecular weight excluding hydrogens is 308 g/mol. The summed E-state index contributed by atoms with van der Waals surface area (Å²) in [5.41, 5.74) is 3.99. The number of amides is 1. The molecule has 3 nitrogen and oxygen atoms in total. The van der Waals surface area contributed by atoms with E-state index in [0.717, 1.165) is 32.2 Å². The van der Waals surface area contributed by atoms with Crippen LogP contribution in [0.15, 0.2) is 48.8 Å². The molecule has 0 saturated heterocycles. The normalized spacial score (nSPS) is 15.9. The van der Waals surface area contributed by atoms with Crippen LogP contribution >= 0.6 is 0 Å². The lowest BCUT2D eigenvalue weighted by molar-refractivity contribution is -0.121. The van der Waals surface area contributed by atoms with Gasteiger partial charge in [0.1, 0.15) is 0 Å². The number of benzene rings is 1. The second kappa shape index (κ2) is 8.28. The Bertz CT molecular complexity index is 673. The van der Waals surface area contributed by atoms with Crippen molar-refractivity contribution in [3.63, 3.8) is 0 Å². The fourth-order valence-electron chi connectivity index (χ4n) is 3.88. The topological polar surface area (TPSA) is 42.0 Å². The van der Waals surface area contributed by atoms with Gasteiger partial charge in [-0.25, -0.2) is 0 Å². The summed E-state index contributed by atoms with van der Waals surface area (Å²) in [6, 6.07) is 12.8. The first-order valence-electron chi connectivity index (χ1n) is 9.47. The number of pyridine rings is 1. The number of hydrogen-bond acceptors (Lipinski definition) is 2. The van der Waals surface area contributed by atoms with Crippen molar-refractivity contribution < 1.29 is 4.79 Å². The molecule has 1 saturated carbocycles. The van der Waals surface area contributed by atoms with Crippen LogP contribution in [0.1, 0.15) is 55.7 Å². The second-order valence-corrected chi connectivity index (χ2v) is 7.17. The highest BCUT2D eigenvalue weighted by Crippen LogP contribution is 2.40. The largest absolute Gasteiger partial charge is 0.355 e. The Labute approximate surface area is 150 Å². The molecule has 1 fully saturated rings. The van der Waals surface area contributed by atoms with Gasteiger partial charge in [-0.15, -0.1) is 0 Å². The smallest absolute Gasteiger partial charge is 0.220 e. The minimum atomic E-state index is 0.0986. The van der Waals surface area contributed by atoms with E-state index in [0.29, 0.717) is 6.42 Å². The van der Waals surface area contributed by atoms with Gasteiger partial charge >= 0.3 is 0 Å². The molecule has 1 heterocycles. The highest BCUT2D eigenvalue weighted by molar-refractivity contribution is 5.76. The van der Waals surface area contributed by atoms with E-state index >= 15 is 0 Å².